The van der Waals surface area contributed by atoms with Gasteiger partial charge in [0.1, 0.15) is 24.4 Å². The molecular formula is C15H18N2O5. The van der Waals surface area contributed by atoms with Crippen LogP contribution >= 0.6 is 0 Å². The van der Waals surface area contributed by atoms with Gasteiger partial charge in [-0.1, -0.05) is 12.8 Å². The lowest BCUT2D eigenvalue weighted by atomic mass is 9.96. The first-order chi connectivity index (χ1) is 10.5. The fraction of sp³-hybridized carbons (Fsp3) is 0.600. The monoisotopic (exact) mass is 306 g/mol. The highest BCUT2D eigenvalue weighted by atomic mass is 16.7. The van der Waals surface area contributed by atoms with Gasteiger partial charge in [0.2, 0.25) is 0 Å². The minimum absolute atomic E-state index is 0.155. The van der Waals surface area contributed by atoms with Crippen LogP contribution in [0.3, 0.4) is 0 Å². The number of aromatic nitrogens is 2. The number of aryl methyl sites for hydroxylation is 1. The molecule has 3 heterocycles. The summed E-state index contributed by atoms with van der Waals surface area (Å²) in [5.74, 6) is 2.44. The second-order valence-corrected chi connectivity index (χ2v) is 5.62. The minimum atomic E-state index is -0.639. The van der Waals surface area contributed by atoms with E-state index < -0.39 is 29.2 Å². The van der Waals surface area contributed by atoms with Crippen LogP contribution in [0.1, 0.15) is 25.1 Å². The summed E-state index contributed by atoms with van der Waals surface area (Å²) in [6, 6.07) is 0. The summed E-state index contributed by atoms with van der Waals surface area (Å²) in [6.07, 6.45) is 6.01. The Morgan fingerprint density at radius 1 is 1.59 bits per heavy atom. The Labute approximate surface area is 127 Å². The molecule has 2 saturated heterocycles. The zero-order valence-corrected chi connectivity index (χ0v) is 12.5. The number of hydrogen-bond donors (Lipinski definition) is 1. The predicted octanol–water partition coefficient (Wildman–Crippen LogP) is -0.0602. The Balaban J connectivity index is 1.98. The fourth-order valence-electron chi connectivity index (χ4n) is 3.11. The molecule has 0 aliphatic carbocycles. The van der Waals surface area contributed by atoms with Crippen molar-refractivity contribution in [2.45, 2.75) is 44.3 Å². The predicted molar refractivity (Wildman–Crippen MR) is 77.5 cm³/mol. The Morgan fingerprint density at radius 2 is 2.36 bits per heavy atom. The Morgan fingerprint density at radius 3 is 3.05 bits per heavy atom. The number of hydrogen-bond acceptors (Lipinski definition) is 5. The molecule has 4 atom stereocenters. The second kappa shape index (κ2) is 5.39. The maximum Gasteiger partial charge on any atom is 0.330 e. The van der Waals surface area contributed by atoms with E-state index in [0.29, 0.717) is 18.6 Å². The summed E-state index contributed by atoms with van der Waals surface area (Å²) in [7, 11) is 0. The molecule has 0 spiro atoms. The molecule has 1 N–H and O–H groups in total. The number of rotatable bonds is 4. The molecule has 2 aliphatic heterocycles. The quantitative estimate of drug-likeness (QED) is 0.788. The van der Waals surface area contributed by atoms with Crippen molar-refractivity contribution in [1.29, 1.82) is 0 Å². The number of terminal acetylenes is 1. The van der Waals surface area contributed by atoms with Crippen LogP contribution in [-0.4, -0.2) is 40.6 Å². The lowest BCUT2D eigenvalue weighted by Crippen LogP contribution is -2.42. The third-order valence-corrected chi connectivity index (χ3v) is 4.34. The van der Waals surface area contributed by atoms with Crippen LogP contribution in [0.5, 0.6) is 0 Å². The van der Waals surface area contributed by atoms with Gasteiger partial charge in [-0.2, -0.15) is 0 Å². The molecule has 1 unspecified atom stereocenters. The number of fused-ring (bicyclic) bond motifs is 2. The van der Waals surface area contributed by atoms with E-state index in [0.717, 1.165) is 0 Å². The fourth-order valence-corrected chi connectivity index (χ4v) is 3.11. The molecular weight excluding hydrogens is 288 g/mol. The van der Waals surface area contributed by atoms with Crippen molar-refractivity contribution >= 4 is 0 Å². The summed E-state index contributed by atoms with van der Waals surface area (Å²) in [5, 5.41) is 0. The van der Waals surface area contributed by atoms with Crippen molar-refractivity contribution in [1.82, 2.24) is 9.55 Å². The molecule has 2 bridgehead atoms. The van der Waals surface area contributed by atoms with Crippen LogP contribution in [-0.2, 0) is 14.2 Å². The van der Waals surface area contributed by atoms with E-state index in [2.05, 4.69) is 10.9 Å². The highest BCUT2D eigenvalue weighted by Gasteiger charge is 2.62. The van der Waals surface area contributed by atoms with E-state index in [4.69, 9.17) is 20.6 Å². The van der Waals surface area contributed by atoms with Crippen molar-refractivity contribution in [3.8, 4) is 12.3 Å². The average molecular weight is 306 g/mol. The molecule has 3 rings (SSSR count). The molecule has 7 nitrogen and oxygen atoms in total. The van der Waals surface area contributed by atoms with E-state index in [-0.39, 0.29) is 12.7 Å². The van der Waals surface area contributed by atoms with Gasteiger partial charge in [-0.3, -0.25) is 14.3 Å². The molecule has 0 radical (unpaired) electrons. The number of nitrogens with one attached hydrogen (secondary N) is 1. The molecule has 0 amide bonds. The summed E-state index contributed by atoms with van der Waals surface area (Å²) < 4.78 is 18.9. The zero-order chi connectivity index (χ0) is 15.9. The van der Waals surface area contributed by atoms with Crippen LogP contribution in [0, 0.1) is 19.3 Å². The first kappa shape index (κ1) is 15.0. The smallest absolute Gasteiger partial charge is 0.330 e. The Kier molecular flexibility index (Phi) is 3.68. The van der Waals surface area contributed by atoms with Gasteiger partial charge in [0.25, 0.3) is 5.56 Å². The summed E-state index contributed by atoms with van der Waals surface area (Å²) in [6.45, 7) is 4.16. The summed E-state index contributed by atoms with van der Waals surface area (Å²) >= 11 is 0. The van der Waals surface area contributed by atoms with Gasteiger partial charge in [0.05, 0.1) is 6.61 Å². The zero-order valence-electron chi connectivity index (χ0n) is 12.5. The maximum atomic E-state index is 12.1. The average Bonchev–Trinajstić information content (AvgIpc) is 3.01. The summed E-state index contributed by atoms with van der Waals surface area (Å²) in [5.41, 5.74) is -1.12. The SMILES string of the molecule is C#CCO[C@@H]1C2OC[C@]1(CC)O[C@H]2n1cc(C)c(=O)[nH]c1=O. The number of ether oxygens (including phenoxy) is 3. The number of nitrogens with zero attached hydrogens (tertiary/aromatic N) is 1. The van der Waals surface area contributed by atoms with E-state index in [1.807, 2.05) is 6.92 Å². The first-order valence-corrected chi connectivity index (χ1v) is 7.19. The van der Waals surface area contributed by atoms with Crippen molar-refractivity contribution in [3.63, 3.8) is 0 Å². The first-order valence-electron chi connectivity index (χ1n) is 7.19. The standard InChI is InChI=1S/C15H18N2O5/c1-4-6-20-11-10-13(22-15(11,5-2)8-21-10)17-7-9(3)12(18)16-14(17)19/h1,7,10-11,13H,5-6,8H2,2-3H3,(H,16,18,19)/t10?,11-,13-,15+/m1/s1. The van der Waals surface area contributed by atoms with Crippen molar-refractivity contribution in [3.05, 3.63) is 32.6 Å². The number of H-pyrrole nitrogens is 1. The molecule has 2 fully saturated rings. The van der Waals surface area contributed by atoms with Gasteiger partial charge in [-0.05, 0) is 13.3 Å². The molecule has 1 aromatic heterocycles. The Hall–Kier alpha value is -1.88. The van der Waals surface area contributed by atoms with Crippen LogP contribution in [0.15, 0.2) is 15.8 Å². The molecule has 7 heteroatoms. The van der Waals surface area contributed by atoms with Gasteiger partial charge < -0.3 is 14.2 Å². The van der Waals surface area contributed by atoms with Crippen LogP contribution < -0.4 is 11.2 Å². The van der Waals surface area contributed by atoms with Crippen molar-refractivity contribution < 1.29 is 14.2 Å². The van der Waals surface area contributed by atoms with Crippen molar-refractivity contribution in [2.24, 2.45) is 0 Å². The lowest BCUT2D eigenvalue weighted by Gasteiger charge is -2.30. The molecule has 2 aliphatic rings. The second-order valence-electron chi connectivity index (χ2n) is 5.62. The largest absolute Gasteiger partial charge is 0.368 e. The van der Waals surface area contributed by atoms with Crippen LogP contribution in [0.4, 0.5) is 0 Å². The van der Waals surface area contributed by atoms with Crippen molar-refractivity contribution in [2.75, 3.05) is 13.2 Å². The van der Waals surface area contributed by atoms with Gasteiger partial charge >= 0.3 is 5.69 Å². The maximum absolute atomic E-state index is 12.1. The van der Waals surface area contributed by atoms with E-state index in [9.17, 15) is 9.59 Å². The molecule has 0 saturated carbocycles. The van der Waals surface area contributed by atoms with Crippen LogP contribution in [0.2, 0.25) is 0 Å². The normalized spacial score (nSPS) is 33.0. The molecule has 0 aromatic carbocycles. The van der Waals surface area contributed by atoms with Gasteiger partial charge in [0.15, 0.2) is 6.23 Å². The van der Waals surface area contributed by atoms with Crippen LogP contribution in [0.25, 0.3) is 0 Å². The van der Waals surface area contributed by atoms with Gasteiger partial charge in [0, 0.05) is 11.8 Å². The summed E-state index contributed by atoms with van der Waals surface area (Å²) in [4.78, 5) is 25.8. The third kappa shape index (κ3) is 2.11. The van der Waals surface area contributed by atoms with E-state index >= 15 is 0 Å². The number of aromatic amines is 1. The Bertz CT molecular complexity index is 731. The highest BCUT2D eigenvalue weighted by Crippen LogP contribution is 2.47. The third-order valence-electron chi connectivity index (χ3n) is 4.34. The van der Waals surface area contributed by atoms with Gasteiger partial charge in [-0.25, -0.2) is 4.79 Å². The van der Waals surface area contributed by atoms with E-state index in [1.54, 1.807) is 6.92 Å². The molecule has 118 valence electrons. The molecule has 1 aromatic rings. The molecule has 22 heavy (non-hydrogen) atoms. The van der Waals surface area contributed by atoms with Gasteiger partial charge in [-0.15, -0.1) is 6.42 Å². The van der Waals surface area contributed by atoms with E-state index in [1.165, 1.54) is 10.8 Å². The lowest BCUT2D eigenvalue weighted by molar-refractivity contribution is -0.176. The highest BCUT2D eigenvalue weighted by molar-refractivity contribution is 5.10. The minimum Gasteiger partial charge on any atom is -0.368 e. The topological polar surface area (TPSA) is 82.6 Å².